The zero-order chi connectivity index (χ0) is 15.2. The fraction of sp³-hybridized carbons (Fsp3) is 0.294. The molecule has 0 saturated carbocycles. The number of hydrogen-bond donors (Lipinski definition) is 1. The molecule has 0 aliphatic heterocycles. The highest BCUT2D eigenvalue weighted by Gasteiger charge is 2.18. The van der Waals surface area contributed by atoms with Gasteiger partial charge in [-0.05, 0) is 25.0 Å². The number of nitrogens with one attached hydrogen (secondary N) is 1. The van der Waals surface area contributed by atoms with Crippen LogP contribution >= 0.6 is 0 Å². The largest absolute Gasteiger partial charge is 0.324 e. The third-order valence-electron chi connectivity index (χ3n) is 3.52. The lowest BCUT2D eigenvalue weighted by molar-refractivity contribution is -0.117. The molecule has 1 N–H and O–H groups in total. The second-order valence-electron chi connectivity index (χ2n) is 4.90. The van der Waals surface area contributed by atoms with E-state index in [1.165, 1.54) is 6.07 Å². The second kappa shape index (κ2) is 6.88. The number of nitrogens with zero attached hydrogens (tertiary/aromatic N) is 1. The highest BCUT2D eigenvalue weighted by Crippen LogP contribution is 2.21. The number of aromatic nitrogens is 1. The van der Waals surface area contributed by atoms with Crippen molar-refractivity contribution in [3.63, 3.8) is 0 Å². The van der Waals surface area contributed by atoms with Gasteiger partial charge in [0.2, 0.25) is 5.91 Å². The van der Waals surface area contributed by atoms with E-state index in [0.29, 0.717) is 12.2 Å². The lowest BCUT2D eigenvalue weighted by Crippen LogP contribution is -2.23. The van der Waals surface area contributed by atoms with Gasteiger partial charge in [-0.2, -0.15) is 0 Å². The molecule has 4 nitrogen and oxygen atoms in total. The van der Waals surface area contributed by atoms with Crippen LogP contribution in [0, 0.1) is 0 Å². The molecule has 1 atom stereocenters. The Morgan fingerprint density at radius 1 is 1.14 bits per heavy atom. The minimum atomic E-state index is -0.187. The molecular formula is C17H20N2O2. The smallest absolute Gasteiger partial charge is 0.250 e. The molecule has 0 bridgehead atoms. The highest BCUT2D eigenvalue weighted by molar-refractivity contribution is 5.95. The molecular weight excluding hydrogens is 264 g/mol. The maximum Gasteiger partial charge on any atom is 0.250 e. The van der Waals surface area contributed by atoms with Gasteiger partial charge in [0.25, 0.3) is 5.56 Å². The zero-order valence-corrected chi connectivity index (χ0v) is 12.4. The Bertz CT molecular complexity index is 662. The number of amides is 1. The molecule has 0 aliphatic rings. The molecule has 110 valence electrons. The maximum atomic E-state index is 12.4. The van der Waals surface area contributed by atoms with E-state index in [1.54, 1.807) is 16.8 Å². The summed E-state index contributed by atoms with van der Waals surface area (Å²) in [5.41, 5.74) is 1.59. The van der Waals surface area contributed by atoms with Crippen LogP contribution < -0.4 is 10.9 Å². The van der Waals surface area contributed by atoms with Gasteiger partial charge < -0.3 is 9.88 Å². The molecule has 0 fully saturated rings. The number of anilines is 1. The summed E-state index contributed by atoms with van der Waals surface area (Å²) in [7, 11) is 0. The molecule has 1 aromatic carbocycles. The normalized spacial score (nSPS) is 11.9. The molecule has 2 rings (SSSR count). The van der Waals surface area contributed by atoms with Crippen LogP contribution in [-0.2, 0) is 11.3 Å². The predicted octanol–water partition coefficient (Wildman–Crippen LogP) is 3.00. The summed E-state index contributed by atoms with van der Waals surface area (Å²) in [6, 6.07) is 12.8. The summed E-state index contributed by atoms with van der Waals surface area (Å²) in [4.78, 5) is 24.0. The summed E-state index contributed by atoms with van der Waals surface area (Å²) >= 11 is 0. The SMILES string of the molecule is CC[C@H](C(=O)Nc1ccc(=O)n(CC)c1)c1ccccc1. The van der Waals surface area contributed by atoms with Crippen LogP contribution in [0.2, 0.25) is 0 Å². The molecule has 0 spiro atoms. The van der Waals surface area contributed by atoms with E-state index in [9.17, 15) is 9.59 Å². The maximum absolute atomic E-state index is 12.4. The lowest BCUT2D eigenvalue weighted by atomic mass is 9.95. The summed E-state index contributed by atoms with van der Waals surface area (Å²) in [5.74, 6) is -0.238. The van der Waals surface area contributed by atoms with E-state index in [1.807, 2.05) is 44.2 Å². The Labute approximate surface area is 124 Å². The molecule has 0 unspecified atom stereocenters. The van der Waals surface area contributed by atoms with Crippen molar-refractivity contribution >= 4 is 11.6 Å². The van der Waals surface area contributed by atoms with E-state index < -0.39 is 0 Å². The quantitative estimate of drug-likeness (QED) is 0.917. The monoisotopic (exact) mass is 284 g/mol. The van der Waals surface area contributed by atoms with Gasteiger partial charge >= 0.3 is 0 Å². The molecule has 2 aromatic rings. The van der Waals surface area contributed by atoms with Gasteiger partial charge in [-0.3, -0.25) is 9.59 Å². The molecule has 0 saturated heterocycles. The van der Waals surface area contributed by atoms with Crippen molar-refractivity contribution in [2.24, 2.45) is 0 Å². The van der Waals surface area contributed by atoms with Crippen LogP contribution in [0.4, 0.5) is 5.69 Å². The summed E-state index contributed by atoms with van der Waals surface area (Å²) in [6.07, 6.45) is 2.40. The van der Waals surface area contributed by atoms with Crippen LogP contribution in [0.15, 0.2) is 53.5 Å². The minimum Gasteiger partial charge on any atom is -0.324 e. The summed E-state index contributed by atoms with van der Waals surface area (Å²) < 4.78 is 1.57. The first kappa shape index (κ1) is 15.0. The first-order chi connectivity index (χ1) is 10.2. The van der Waals surface area contributed by atoms with Crippen LogP contribution in [0.3, 0.4) is 0 Å². The van der Waals surface area contributed by atoms with E-state index >= 15 is 0 Å². The summed E-state index contributed by atoms with van der Waals surface area (Å²) in [5, 5.41) is 2.89. The number of benzene rings is 1. The van der Waals surface area contributed by atoms with Crippen LogP contribution in [0.5, 0.6) is 0 Å². The second-order valence-corrected chi connectivity index (χ2v) is 4.90. The van der Waals surface area contributed by atoms with Crippen molar-refractivity contribution in [1.29, 1.82) is 0 Å². The van der Waals surface area contributed by atoms with Gasteiger partial charge in [0.15, 0.2) is 0 Å². The topological polar surface area (TPSA) is 51.1 Å². The predicted molar refractivity (Wildman–Crippen MR) is 84.5 cm³/mol. The van der Waals surface area contributed by atoms with E-state index in [0.717, 1.165) is 12.0 Å². The Morgan fingerprint density at radius 2 is 1.86 bits per heavy atom. The van der Waals surface area contributed by atoms with E-state index in [2.05, 4.69) is 5.32 Å². The first-order valence-electron chi connectivity index (χ1n) is 7.22. The first-order valence-corrected chi connectivity index (χ1v) is 7.22. The standard InChI is InChI=1S/C17H20N2O2/c1-3-15(13-8-6-5-7-9-13)17(21)18-14-10-11-16(20)19(4-2)12-14/h5-12,15H,3-4H2,1-2H3,(H,18,21)/t15-/m0/s1. The lowest BCUT2D eigenvalue weighted by Gasteiger charge is -2.16. The minimum absolute atomic E-state index is 0.0509. The molecule has 4 heteroatoms. The van der Waals surface area contributed by atoms with Crippen molar-refractivity contribution in [3.8, 4) is 0 Å². The number of carbonyl (C=O) groups excluding carboxylic acids is 1. The fourth-order valence-corrected chi connectivity index (χ4v) is 2.34. The number of aryl methyl sites for hydroxylation is 1. The number of hydrogen-bond acceptors (Lipinski definition) is 2. The molecule has 0 aliphatic carbocycles. The average Bonchev–Trinajstić information content (AvgIpc) is 2.51. The van der Waals surface area contributed by atoms with Crippen molar-refractivity contribution in [2.45, 2.75) is 32.7 Å². The Balaban J connectivity index is 2.18. The van der Waals surface area contributed by atoms with Gasteiger partial charge in [-0.1, -0.05) is 37.3 Å². The Morgan fingerprint density at radius 3 is 2.48 bits per heavy atom. The molecule has 21 heavy (non-hydrogen) atoms. The van der Waals surface area contributed by atoms with Gasteiger partial charge in [-0.15, -0.1) is 0 Å². The van der Waals surface area contributed by atoms with Gasteiger partial charge in [-0.25, -0.2) is 0 Å². The fourth-order valence-electron chi connectivity index (χ4n) is 2.34. The van der Waals surface area contributed by atoms with Crippen LogP contribution in [-0.4, -0.2) is 10.5 Å². The van der Waals surface area contributed by atoms with Gasteiger partial charge in [0, 0.05) is 18.8 Å². The van der Waals surface area contributed by atoms with E-state index in [-0.39, 0.29) is 17.4 Å². The molecule has 1 heterocycles. The number of rotatable bonds is 5. The Kier molecular flexibility index (Phi) is 4.93. The van der Waals surface area contributed by atoms with Crippen molar-refractivity contribution < 1.29 is 4.79 Å². The van der Waals surface area contributed by atoms with Gasteiger partial charge in [0.05, 0.1) is 11.6 Å². The average molecular weight is 284 g/mol. The van der Waals surface area contributed by atoms with Gasteiger partial charge in [0.1, 0.15) is 0 Å². The highest BCUT2D eigenvalue weighted by atomic mass is 16.2. The number of pyridine rings is 1. The van der Waals surface area contributed by atoms with Crippen LogP contribution in [0.25, 0.3) is 0 Å². The number of carbonyl (C=O) groups is 1. The van der Waals surface area contributed by atoms with E-state index in [4.69, 9.17) is 0 Å². The zero-order valence-electron chi connectivity index (χ0n) is 12.4. The van der Waals surface area contributed by atoms with Crippen LogP contribution in [0.1, 0.15) is 31.7 Å². The third kappa shape index (κ3) is 3.60. The van der Waals surface area contributed by atoms with Crippen molar-refractivity contribution in [2.75, 3.05) is 5.32 Å². The third-order valence-corrected chi connectivity index (χ3v) is 3.52. The van der Waals surface area contributed by atoms with Crippen molar-refractivity contribution in [1.82, 2.24) is 4.57 Å². The molecule has 0 radical (unpaired) electrons. The molecule has 1 amide bonds. The molecule has 1 aromatic heterocycles. The Hall–Kier alpha value is -2.36. The summed E-state index contributed by atoms with van der Waals surface area (Å²) in [6.45, 7) is 4.47. The van der Waals surface area contributed by atoms with Crippen molar-refractivity contribution in [3.05, 3.63) is 64.6 Å².